The number of sulfonamides is 1. The van der Waals surface area contributed by atoms with Gasteiger partial charge < -0.3 is 10.2 Å². The fourth-order valence-corrected chi connectivity index (χ4v) is 4.53. The van der Waals surface area contributed by atoms with Gasteiger partial charge in [-0.3, -0.25) is 13.9 Å². The van der Waals surface area contributed by atoms with Crippen LogP contribution in [0.4, 0.5) is 5.69 Å². The molecule has 0 bridgehead atoms. The molecule has 0 fully saturated rings. The summed E-state index contributed by atoms with van der Waals surface area (Å²) >= 11 is 15.5. The Hall–Kier alpha value is -1.81. The molecule has 2 aromatic rings. The Labute approximate surface area is 219 Å². The minimum atomic E-state index is -3.78. The number of hydrogen-bond donors (Lipinski definition) is 1. The number of nitrogens with one attached hydrogen (secondary N) is 1. The lowest BCUT2D eigenvalue weighted by molar-refractivity contribution is -0.139. The molecule has 0 aliphatic carbocycles. The molecule has 1 N–H and O–H groups in total. The maximum atomic E-state index is 13.5. The van der Waals surface area contributed by atoms with Crippen molar-refractivity contribution in [3.8, 4) is 0 Å². The normalized spacial score (nSPS) is 12.4. The average Bonchev–Trinajstić information content (AvgIpc) is 2.75. The van der Waals surface area contributed by atoms with Crippen molar-refractivity contribution in [2.24, 2.45) is 5.92 Å². The van der Waals surface area contributed by atoms with Crippen molar-refractivity contribution in [1.82, 2.24) is 10.2 Å². The van der Waals surface area contributed by atoms with Crippen molar-refractivity contribution in [2.75, 3.05) is 23.7 Å². The minimum absolute atomic E-state index is 0.0456. The van der Waals surface area contributed by atoms with Gasteiger partial charge in [0.2, 0.25) is 21.8 Å². The maximum Gasteiger partial charge on any atom is 0.244 e. The van der Waals surface area contributed by atoms with Crippen molar-refractivity contribution in [3.63, 3.8) is 0 Å². The van der Waals surface area contributed by atoms with Gasteiger partial charge in [0.1, 0.15) is 12.6 Å². The molecular weight excluding hydrogens is 565 g/mol. The highest BCUT2D eigenvalue weighted by Crippen LogP contribution is 2.25. The number of nitrogens with zero attached hydrogens (tertiary/aromatic N) is 2. The highest BCUT2D eigenvalue weighted by Gasteiger charge is 2.30. The van der Waals surface area contributed by atoms with Crippen LogP contribution < -0.4 is 9.62 Å². The Balaban J connectivity index is 2.38. The largest absolute Gasteiger partial charge is 0.354 e. The van der Waals surface area contributed by atoms with Crippen molar-refractivity contribution >= 4 is 66.7 Å². The predicted molar refractivity (Wildman–Crippen MR) is 141 cm³/mol. The molecule has 0 saturated heterocycles. The number of anilines is 1. The number of halogens is 3. The number of carbonyl (C=O) groups is 2. The summed E-state index contributed by atoms with van der Waals surface area (Å²) in [7, 11) is -3.78. The second kappa shape index (κ2) is 12.2. The molecule has 1 atom stereocenters. The molecule has 7 nitrogen and oxygen atoms in total. The van der Waals surface area contributed by atoms with Crippen LogP contribution >= 0.6 is 39.1 Å². The number of amides is 2. The van der Waals surface area contributed by atoms with E-state index in [0.717, 1.165) is 15.0 Å². The molecule has 2 rings (SSSR count). The van der Waals surface area contributed by atoms with Crippen molar-refractivity contribution in [2.45, 2.75) is 33.4 Å². The second-order valence-corrected chi connectivity index (χ2v) is 12.0. The van der Waals surface area contributed by atoms with E-state index >= 15 is 0 Å². The standard InChI is InChI=1S/C23H28BrCl2N3O4S/c1-15(2)12-27-23(31)16(3)28(13-17-5-10-20(25)21(26)11-17)22(30)14-29(34(4,32)33)19-8-6-18(24)7-9-19/h5-11,15-16H,12-14H2,1-4H3,(H,27,31)/t16-/m1/s1. The van der Waals surface area contributed by atoms with Crippen LogP contribution in [0, 0.1) is 5.92 Å². The Morgan fingerprint density at radius 1 is 1.03 bits per heavy atom. The fourth-order valence-electron chi connectivity index (χ4n) is 3.09. The molecule has 0 aliphatic heterocycles. The Morgan fingerprint density at radius 2 is 1.65 bits per heavy atom. The first-order valence-electron chi connectivity index (χ1n) is 10.5. The molecule has 34 heavy (non-hydrogen) atoms. The van der Waals surface area contributed by atoms with Gasteiger partial charge in [-0.2, -0.15) is 0 Å². The Morgan fingerprint density at radius 3 is 2.18 bits per heavy atom. The molecular formula is C23H28BrCl2N3O4S. The van der Waals surface area contributed by atoms with E-state index in [1.54, 1.807) is 49.4 Å². The van der Waals surface area contributed by atoms with E-state index < -0.39 is 28.5 Å². The maximum absolute atomic E-state index is 13.5. The summed E-state index contributed by atoms with van der Waals surface area (Å²) in [4.78, 5) is 27.6. The van der Waals surface area contributed by atoms with Gasteiger partial charge in [0.25, 0.3) is 0 Å². The third-order valence-electron chi connectivity index (χ3n) is 4.98. The zero-order valence-corrected chi connectivity index (χ0v) is 23.3. The third-order valence-corrected chi connectivity index (χ3v) is 7.39. The highest BCUT2D eigenvalue weighted by atomic mass is 79.9. The van der Waals surface area contributed by atoms with Crippen LogP contribution in [0.25, 0.3) is 0 Å². The lowest BCUT2D eigenvalue weighted by atomic mass is 10.1. The Kier molecular flexibility index (Phi) is 10.2. The Bertz CT molecular complexity index is 1130. The predicted octanol–water partition coefficient (Wildman–Crippen LogP) is 4.71. The first kappa shape index (κ1) is 28.4. The first-order valence-corrected chi connectivity index (χ1v) is 13.9. The van der Waals surface area contributed by atoms with Crippen LogP contribution in [0.1, 0.15) is 26.3 Å². The lowest BCUT2D eigenvalue weighted by Crippen LogP contribution is -2.51. The molecule has 186 valence electrons. The molecule has 2 amide bonds. The number of carbonyl (C=O) groups excluding carboxylic acids is 2. The van der Waals surface area contributed by atoms with Crippen LogP contribution in [0.5, 0.6) is 0 Å². The molecule has 0 spiro atoms. The molecule has 0 radical (unpaired) electrons. The molecule has 0 unspecified atom stereocenters. The summed E-state index contributed by atoms with van der Waals surface area (Å²) < 4.78 is 26.8. The van der Waals surface area contributed by atoms with Crippen molar-refractivity contribution < 1.29 is 18.0 Å². The van der Waals surface area contributed by atoms with Gasteiger partial charge in [0.15, 0.2) is 0 Å². The molecule has 2 aromatic carbocycles. The van der Waals surface area contributed by atoms with E-state index in [0.29, 0.717) is 27.8 Å². The zero-order chi connectivity index (χ0) is 25.6. The van der Waals surface area contributed by atoms with Crippen LogP contribution in [0.15, 0.2) is 46.9 Å². The van der Waals surface area contributed by atoms with E-state index in [2.05, 4.69) is 21.2 Å². The van der Waals surface area contributed by atoms with E-state index in [4.69, 9.17) is 23.2 Å². The van der Waals surface area contributed by atoms with Crippen LogP contribution in [0.3, 0.4) is 0 Å². The van der Waals surface area contributed by atoms with Crippen molar-refractivity contribution in [1.29, 1.82) is 0 Å². The van der Waals surface area contributed by atoms with Gasteiger partial charge in [-0.15, -0.1) is 0 Å². The van der Waals surface area contributed by atoms with E-state index in [9.17, 15) is 18.0 Å². The number of rotatable bonds is 10. The van der Waals surface area contributed by atoms with Gasteiger partial charge >= 0.3 is 0 Å². The van der Waals surface area contributed by atoms with Crippen LogP contribution in [-0.4, -0.2) is 50.5 Å². The van der Waals surface area contributed by atoms with Gasteiger partial charge in [-0.05, 0) is 54.8 Å². The summed E-state index contributed by atoms with van der Waals surface area (Å²) in [6.07, 6.45) is 1.03. The SMILES string of the molecule is CC(C)CNC(=O)[C@@H](C)N(Cc1ccc(Cl)c(Cl)c1)C(=O)CN(c1ccc(Br)cc1)S(C)(=O)=O. The minimum Gasteiger partial charge on any atom is -0.354 e. The topological polar surface area (TPSA) is 86.8 Å². The molecule has 0 heterocycles. The summed E-state index contributed by atoms with van der Waals surface area (Å²) in [5.74, 6) is -0.642. The van der Waals surface area contributed by atoms with E-state index in [-0.39, 0.29) is 18.4 Å². The number of hydrogen-bond acceptors (Lipinski definition) is 4. The zero-order valence-electron chi connectivity index (χ0n) is 19.4. The average molecular weight is 593 g/mol. The molecule has 11 heteroatoms. The summed E-state index contributed by atoms with van der Waals surface area (Å²) in [6, 6.07) is 10.6. The van der Waals surface area contributed by atoms with E-state index in [1.807, 2.05) is 13.8 Å². The quantitative estimate of drug-likeness (QED) is 0.433. The van der Waals surface area contributed by atoms with Gasteiger partial charge in [0.05, 0.1) is 22.0 Å². The third kappa shape index (κ3) is 8.15. The second-order valence-electron chi connectivity index (χ2n) is 8.33. The van der Waals surface area contributed by atoms with Crippen LogP contribution in [-0.2, 0) is 26.2 Å². The smallest absolute Gasteiger partial charge is 0.244 e. The monoisotopic (exact) mass is 591 g/mol. The summed E-state index contributed by atoms with van der Waals surface area (Å²) in [5.41, 5.74) is 0.992. The van der Waals surface area contributed by atoms with Gasteiger partial charge in [0, 0.05) is 17.6 Å². The molecule has 0 aromatic heterocycles. The summed E-state index contributed by atoms with van der Waals surface area (Å²) in [5, 5.41) is 3.51. The van der Waals surface area contributed by atoms with Crippen LogP contribution in [0.2, 0.25) is 10.0 Å². The highest BCUT2D eigenvalue weighted by molar-refractivity contribution is 9.10. The van der Waals surface area contributed by atoms with E-state index in [1.165, 1.54) is 4.90 Å². The number of benzene rings is 2. The van der Waals surface area contributed by atoms with Gasteiger partial charge in [-0.1, -0.05) is 59.0 Å². The summed E-state index contributed by atoms with van der Waals surface area (Å²) in [6.45, 7) is 5.56. The molecule has 0 saturated carbocycles. The lowest BCUT2D eigenvalue weighted by Gasteiger charge is -2.31. The fraction of sp³-hybridized carbons (Fsp3) is 0.391. The van der Waals surface area contributed by atoms with Gasteiger partial charge in [-0.25, -0.2) is 8.42 Å². The van der Waals surface area contributed by atoms with Crippen molar-refractivity contribution in [3.05, 3.63) is 62.5 Å². The first-order chi connectivity index (χ1) is 15.8. The molecule has 0 aliphatic rings.